The third kappa shape index (κ3) is 5.89. The van der Waals surface area contributed by atoms with Crippen molar-refractivity contribution >= 4 is 29.7 Å². The molecular weight excluding hydrogens is 315 g/mol. The predicted octanol–water partition coefficient (Wildman–Crippen LogP) is 2.26. The summed E-state index contributed by atoms with van der Waals surface area (Å²) in [7, 11) is 0. The van der Waals surface area contributed by atoms with Gasteiger partial charge < -0.3 is 10.6 Å². The lowest BCUT2D eigenvalue weighted by atomic mass is 10.3. The molecule has 0 bridgehead atoms. The number of carbonyl (C=O) groups is 1. The molecule has 1 aromatic rings. The fraction of sp³-hybridized carbons (Fsp3) is 0.455. The second-order valence-electron chi connectivity index (χ2n) is 3.75. The molecule has 1 heterocycles. The number of rotatable bonds is 6. The van der Waals surface area contributed by atoms with Gasteiger partial charge in [-0.15, -0.1) is 30.3 Å². The zero-order valence-electron chi connectivity index (χ0n) is 10.5. The van der Waals surface area contributed by atoms with Crippen molar-refractivity contribution in [1.82, 2.24) is 9.88 Å². The van der Waals surface area contributed by atoms with Crippen molar-refractivity contribution in [2.45, 2.75) is 12.6 Å². The average molecular weight is 330 g/mol. The molecule has 1 amide bonds. The Morgan fingerprint density at radius 2 is 2.20 bits per heavy atom. The van der Waals surface area contributed by atoms with E-state index in [2.05, 4.69) is 11.6 Å². The van der Waals surface area contributed by atoms with Crippen LogP contribution in [0.15, 0.2) is 18.0 Å². The molecule has 0 atom stereocenters. The molecule has 0 fully saturated rings. The number of amides is 1. The smallest absolute Gasteiger partial charge is 0.330 e. The van der Waals surface area contributed by atoms with Gasteiger partial charge in [0.2, 0.25) is 0 Å². The second kappa shape index (κ2) is 8.23. The maximum atomic E-state index is 12.4. The van der Waals surface area contributed by atoms with Gasteiger partial charge in [-0.1, -0.05) is 6.08 Å². The van der Waals surface area contributed by atoms with E-state index in [1.165, 1.54) is 22.8 Å². The average Bonchev–Trinajstić information content (AvgIpc) is 2.75. The Labute approximate surface area is 124 Å². The number of nitrogens with two attached hydrogens (primary N) is 1. The molecule has 0 radical (unpaired) electrons. The largest absolute Gasteiger partial charge is 0.406 e. The van der Waals surface area contributed by atoms with E-state index in [1.54, 1.807) is 0 Å². The van der Waals surface area contributed by atoms with E-state index in [0.717, 1.165) is 0 Å². The lowest BCUT2D eigenvalue weighted by molar-refractivity contribution is -0.139. The van der Waals surface area contributed by atoms with Crippen LogP contribution in [-0.2, 0) is 6.42 Å². The molecule has 0 saturated carbocycles. The van der Waals surface area contributed by atoms with E-state index in [9.17, 15) is 18.0 Å². The Bertz CT molecular complexity index is 450. The van der Waals surface area contributed by atoms with Crippen LogP contribution in [0.1, 0.15) is 15.5 Å². The second-order valence-corrected chi connectivity index (χ2v) is 4.70. The number of hydrogen-bond donors (Lipinski definition) is 1. The summed E-state index contributed by atoms with van der Waals surface area (Å²) in [5, 5.41) is 2.08. The summed E-state index contributed by atoms with van der Waals surface area (Å²) >= 11 is 1.21. The van der Waals surface area contributed by atoms with Crippen LogP contribution in [0.5, 0.6) is 0 Å². The van der Waals surface area contributed by atoms with Gasteiger partial charge in [0.25, 0.3) is 5.91 Å². The summed E-state index contributed by atoms with van der Waals surface area (Å²) in [6.07, 6.45) is -2.70. The minimum Gasteiger partial charge on any atom is -0.330 e. The first kappa shape index (κ1) is 18.9. The van der Waals surface area contributed by atoms with E-state index in [4.69, 9.17) is 5.73 Å². The van der Waals surface area contributed by atoms with Crippen LogP contribution < -0.4 is 5.73 Å². The molecule has 4 nitrogen and oxygen atoms in total. The number of halogens is 4. The molecule has 20 heavy (non-hydrogen) atoms. The normalized spacial score (nSPS) is 10.8. The van der Waals surface area contributed by atoms with Gasteiger partial charge in [-0.05, 0) is 6.54 Å². The maximum absolute atomic E-state index is 12.4. The number of thiazole rings is 1. The molecule has 0 unspecified atom stereocenters. The molecule has 9 heteroatoms. The number of alkyl halides is 3. The number of hydrogen-bond acceptors (Lipinski definition) is 4. The van der Waals surface area contributed by atoms with Crippen molar-refractivity contribution < 1.29 is 18.0 Å². The number of carbonyl (C=O) groups excluding carboxylic acids is 1. The van der Waals surface area contributed by atoms with E-state index in [-0.39, 0.29) is 24.6 Å². The maximum Gasteiger partial charge on any atom is 0.406 e. The third-order valence-corrected chi connectivity index (χ3v) is 3.04. The quantitative estimate of drug-likeness (QED) is 0.814. The van der Waals surface area contributed by atoms with Gasteiger partial charge in [0.05, 0.1) is 5.01 Å². The van der Waals surface area contributed by atoms with Crippen molar-refractivity contribution in [1.29, 1.82) is 0 Å². The van der Waals surface area contributed by atoms with Crippen LogP contribution in [0, 0.1) is 0 Å². The predicted molar refractivity (Wildman–Crippen MR) is 74.3 cm³/mol. The topological polar surface area (TPSA) is 59.2 Å². The van der Waals surface area contributed by atoms with Crippen molar-refractivity contribution in [3.8, 4) is 0 Å². The van der Waals surface area contributed by atoms with E-state index >= 15 is 0 Å². The first-order chi connectivity index (χ1) is 8.87. The van der Waals surface area contributed by atoms with Crippen LogP contribution in [0.25, 0.3) is 0 Å². The molecule has 1 aromatic heterocycles. The van der Waals surface area contributed by atoms with Crippen LogP contribution in [0.3, 0.4) is 0 Å². The van der Waals surface area contributed by atoms with Gasteiger partial charge in [0.1, 0.15) is 12.2 Å². The highest BCUT2D eigenvalue weighted by Crippen LogP contribution is 2.19. The SMILES string of the molecule is C=CCN(CC(F)(F)F)C(=O)c1csc(CCN)n1.Cl. The molecule has 0 aliphatic carbocycles. The summed E-state index contributed by atoms with van der Waals surface area (Å²) in [6, 6.07) is 0. The van der Waals surface area contributed by atoms with Crippen molar-refractivity contribution in [3.63, 3.8) is 0 Å². The van der Waals surface area contributed by atoms with Crippen LogP contribution in [0.4, 0.5) is 13.2 Å². The lowest BCUT2D eigenvalue weighted by Gasteiger charge is -2.21. The fourth-order valence-electron chi connectivity index (χ4n) is 1.40. The van der Waals surface area contributed by atoms with Crippen molar-refractivity contribution in [2.24, 2.45) is 5.73 Å². The minimum atomic E-state index is -4.45. The highest BCUT2D eigenvalue weighted by atomic mass is 35.5. The molecule has 114 valence electrons. The molecule has 0 spiro atoms. The van der Waals surface area contributed by atoms with Gasteiger partial charge in [0, 0.05) is 18.3 Å². The summed E-state index contributed by atoms with van der Waals surface area (Å²) in [6.45, 7) is 2.22. The molecule has 1 rings (SSSR count). The van der Waals surface area contributed by atoms with Gasteiger partial charge in [-0.25, -0.2) is 4.98 Å². The van der Waals surface area contributed by atoms with Crippen LogP contribution in [-0.4, -0.2) is 41.6 Å². The highest BCUT2D eigenvalue weighted by Gasteiger charge is 2.33. The van der Waals surface area contributed by atoms with Gasteiger partial charge >= 0.3 is 6.18 Å². The molecule has 0 aliphatic heterocycles. The Balaban J connectivity index is 0.00000361. The lowest BCUT2D eigenvalue weighted by Crippen LogP contribution is -2.39. The monoisotopic (exact) mass is 329 g/mol. The Morgan fingerprint density at radius 1 is 1.55 bits per heavy atom. The van der Waals surface area contributed by atoms with Gasteiger partial charge in [0.15, 0.2) is 0 Å². The Kier molecular flexibility index (Phi) is 7.77. The van der Waals surface area contributed by atoms with E-state index in [0.29, 0.717) is 22.9 Å². The van der Waals surface area contributed by atoms with Gasteiger partial charge in [-0.2, -0.15) is 13.2 Å². The minimum absolute atomic E-state index is 0. The molecule has 0 saturated heterocycles. The van der Waals surface area contributed by atoms with Crippen molar-refractivity contribution in [3.05, 3.63) is 28.7 Å². The summed E-state index contributed by atoms with van der Waals surface area (Å²) in [5.74, 6) is -0.753. The van der Waals surface area contributed by atoms with Gasteiger partial charge in [-0.3, -0.25) is 4.79 Å². The first-order valence-corrected chi connectivity index (χ1v) is 6.36. The zero-order chi connectivity index (χ0) is 14.5. The molecular formula is C11H15ClF3N3OS. The first-order valence-electron chi connectivity index (χ1n) is 5.48. The highest BCUT2D eigenvalue weighted by molar-refractivity contribution is 7.09. The number of nitrogens with zero attached hydrogens (tertiary/aromatic N) is 2. The zero-order valence-corrected chi connectivity index (χ0v) is 12.2. The molecule has 2 N–H and O–H groups in total. The standard InChI is InChI=1S/C11H14F3N3OS.ClH/c1-2-5-17(7-11(12,13)14)10(18)8-6-19-9(16-8)3-4-15;/h2,6H,1,3-5,7,15H2;1H. The molecule has 0 aliphatic rings. The van der Waals surface area contributed by atoms with Crippen LogP contribution >= 0.6 is 23.7 Å². The Hall–Kier alpha value is -1.12. The summed E-state index contributed by atoms with van der Waals surface area (Å²) < 4.78 is 37.1. The van der Waals surface area contributed by atoms with E-state index in [1.807, 2.05) is 0 Å². The number of aromatic nitrogens is 1. The summed E-state index contributed by atoms with van der Waals surface area (Å²) in [4.78, 5) is 16.6. The third-order valence-electron chi connectivity index (χ3n) is 2.14. The molecule has 0 aromatic carbocycles. The van der Waals surface area contributed by atoms with Crippen LogP contribution in [0.2, 0.25) is 0 Å². The summed E-state index contributed by atoms with van der Waals surface area (Å²) in [5.41, 5.74) is 5.36. The van der Waals surface area contributed by atoms with Crippen molar-refractivity contribution in [2.75, 3.05) is 19.6 Å². The van der Waals surface area contributed by atoms with E-state index < -0.39 is 18.6 Å². The fourth-order valence-corrected chi connectivity index (χ4v) is 2.19. The Morgan fingerprint density at radius 3 is 2.70 bits per heavy atom.